The van der Waals surface area contributed by atoms with E-state index in [1.807, 2.05) is 12.1 Å². The predicted octanol–water partition coefficient (Wildman–Crippen LogP) is 2.21. The van der Waals surface area contributed by atoms with E-state index >= 15 is 0 Å². The molecule has 1 saturated heterocycles. The van der Waals surface area contributed by atoms with Crippen LogP contribution in [-0.4, -0.2) is 56.0 Å². The summed E-state index contributed by atoms with van der Waals surface area (Å²) in [5, 5.41) is 3.43. The van der Waals surface area contributed by atoms with Crippen LogP contribution in [0.1, 0.15) is 35.7 Å². The van der Waals surface area contributed by atoms with Gasteiger partial charge in [-0.25, -0.2) is 0 Å². The molecule has 122 valence electrons. The average molecular weight is 303 g/mol. The molecule has 4 heteroatoms. The van der Waals surface area contributed by atoms with Crippen LogP contribution in [-0.2, 0) is 6.54 Å². The Morgan fingerprint density at radius 2 is 1.82 bits per heavy atom. The maximum atomic E-state index is 11.9. The summed E-state index contributed by atoms with van der Waals surface area (Å²) in [7, 11) is 3.57. The summed E-state index contributed by atoms with van der Waals surface area (Å²) in [6, 6.07) is 8.05. The fourth-order valence-corrected chi connectivity index (χ4v) is 3.00. The molecule has 1 heterocycles. The minimum absolute atomic E-state index is 0.0635. The largest absolute Gasteiger partial charge is 0.345 e. The maximum absolute atomic E-state index is 11.9. The lowest BCUT2D eigenvalue weighted by Crippen LogP contribution is -2.35. The van der Waals surface area contributed by atoms with Gasteiger partial charge in [0.25, 0.3) is 5.91 Å². The van der Waals surface area contributed by atoms with Crippen molar-refractivity contribution in [2.45, 2.75) is 26.3 Å². The smallest absolute Gasteiger partial charge is 0.253 e. The third kappa shape index (κ3) is 4.82. The van der Waals surface area contributed by atoms with Crippen molar-refractivity contribution in [3.63, 3.8) is 0 Å². The molecule has 0 aliphatic carbocycles. The monoisotopic (exact) mass is 303 g/mol. The van der Waals surface area contributed by atoms with Gasteiger partial charge in [-0.05, 0) is 56.1 Å². The van der Waals surface area contributed by atoms with Crippen molar-refractivity contribution in [2.24, 2.45) is 5.92 Å². The van der Waals surface area contributed by atoms with Gasteiger partial charge in [0, 0.05) is 32.7 Å². The Balaban J connectivity index is 1.91. The lowest BCUT2D eigenvalue weighted by molar-refractivity contribution is 0.0827. The Labute approximate surface area is 134 Å². The highest BCUT2D eigenvalue weighted by atomic mass is 16.2. The molecule has 2 rings (SSSR count). The van der Waals surface area contributed by atoms with Gasteiger partial charge >= 0.3 is 0 Å². The lowest BCUT2D eigenvalue weighted by Gasteiger charge is -2.29. The minimum atomic E-state index is 0.0635. The van der Waals surface area contributed by atoms with Gasteiger partial charge in [0.05, 0.1) is 0 Å². The second-order valence-corrected chi connectivity index (χ2v) is 6.42. The molecule has 22 heavy (non-hydrogen) atoms. The number of benzene rings is 1. The summed E-state index contributed by atoms with van der Waals surface area (Å²) >= 11 is 0. The maximum Gasteiger partial charge on any atom is 0.253 e. The van der Waals surface area contributed by atoms with Gasteiger partial charge in [-0.3, -0.25) is 9.69 Å². The minimum Gasteiger partial charge on any atom is -0.345 e. The Morgan fingerprint density at radius 1 is 1.18 bits per heavy atom. The van der Waals surface area contributed by atoms with Crippen molar-refractivity contribution in [2.75, 3.05) is 40.3 Å². The molecule has 1 aliphatic heterocycles. The third-order valence-electron chi connectivity index (χ3n) is 4.44. The average Bonchev–Trinajstić information content (AvgIpc) is 2.55. The number of hydrogen-bond acceptors (Lipinski definition) is 3. The number of carbonyl (C=O) groups excluding carboxylic acids is 1. The van der Waals surface area contributed by atoms with Crippen molar-refractivity contribution in [1.29, 1.82) is 0 Å². The fourth-order valence-electron chi connectivity index (χ4n) is 3.00. The summed E-state index contributed by atoms with van der Waals surface area (Å²) in [6.45, 7) is 7.76. The topological polar surface area (TPSA) is 35.6 Å². The highest BCUT2D eigenvalue weighted by molar-refractivity contribution is 5.93. The molecule has 0 radical (unpaired) electrons. The number of nitrogens with one attached hydrogen (secondary N) is 1. The number of nitrogens with zero attached hydrogens (tertiary/aromatic N) is 2. The van der Waals surface area contributed by atoms with Crippen molar-refractivity contribution in [3.8, 4) is 0 Å². The van der Waals surface area contributed by atoms with Crippen LogP contribution in [0.15, 0.2) is 24.3 Å². The van der Waals surface area contributed by atoms with Crippen LogP contribution in [0.5, 0.6) is 0 Å². The van der Waals surface area contributed by atoms with E-state index in [1.165, 1.54) is 24.9 Å². The zero-order valence-electron chi connectivity index (χ0n) is 14.1. The molecule has 0 aromatic heterocycles. The molecule has 0 saturated carbocycles. The summed E-state index contributed by atoms with van der Waals surface area (Å²) in [6.07, 6.45) is 2.57. The third-order valence-corrected chi connectivity index (χ3v) is 4.44. The Hall–Kier alpha value is -1.39. The van der Waals surface area contributed by atoms with Gasteiger partial charge < -0.3 is 10.2 Å². The van der Waals surface area contributed by atoms with Crippen LogP contribution in [0.25, 0.3) is 0 Å². The van der Waals surface area contributed by atoms with Crippen LogP contribution in [0, 0.1) is 5.92 Å². The summed E-state index contributed by atoms with van der Waals surface area (Å²) in [4.78, 5) is 16.0. The van der Waals surface area contributed by atoms with Gasteiger partial charge in [0.1, 0.15) is 0 Å². The zero-order chi connectivity index (χ0) is 15.9. The van der Waals surface area contributed by atoms with Crippen molar-refractivity contribution >= 4 is 5.91 Å². The Bertz CT molecular complexity index is 464. The second-order valence-electron chi connectivity index (χ2n) is 6.42. The zero-order valence-corrected chi connectivity index (χ0v) is 14.1. The molecule has 1 amide bonds. The van der Waals surface area contributed by atoms with Crippen LogP contribution >= 0.6 is 0 Å². The van der Waals surface area contributed by atoms with Crippen LogP contribution in [0.4, 0.5) is 0 Å². The van der Waals surface area contributed by atoms with E-state index in [0.29, 0.717) is 0 Å². The Kier molecular flexibility index (Phi) is 6.40. The number of rotatable bonds is 6. The van der Waals surface area contributed by atoms with Gasteiger partial charge in [-0.2, -0.15) is 0 Å². The normalized spacial score (nSPS) is 16.0. The first-order valence-corrected chi connectivity index (χ1v) is 8.33. The molecule has 0 spiro atoms. The van der Waals surface area contributed by atoms with E-state index in [2.05, 4.69) is 29.3 Å². The van der Waals surface area contributed by atoms with Crippen molar-refractivity contribution in [1.82, 2.24) is 15.1 Å². The molecular formula is C18H29N3O. The first-order chi connectivity index (χ1) is 10.6. The van der Waals surface area contributed by atoms with Gasteiger partial charge in [-0.15, -0.1) is 0 Å². The van der Waals surface area contributed by atoms with E-state index in [4.69, 9.17) is 0 Å². The summed E-state index contributed by atoms with van der Waals surface area (Å²) in [5.41, 5.74) is 2.04. The molecule has 1 aromatic carbocycles. The van der Waals surface area contributed by atoms with E-state index in [0.717, 1.165) is 37.7 Å². The van der Waals surface area contributed by atoms with Crippen molar-refractivity contribution in [3.05, 3.63) is 35.4 Å². The second kappa shape index (κ2) is 8.30. The van der Waals surface area contributed by atoms with Crippen LogP contribution < -0.4 is 5.32 Å². The summed E-state index contributed by atoms with van der Waals surface area (Å²) in [5.74, 6) is 0.879. The highest BCUT2D eigenvalue weighted by Gasteiger charge is 2.16. The summed E-state index contributed by atoms with van der Waals surface area (Å²) < 4.78 is 0. The van der Waals surface area contributed by atoms with Gasteiger partial charge in [-0.1, -0.05) is 19.1 Å². The first-order valence-electron chi connectivity index (χ1n) is 8.33. The molecule has 1 aliphatic rings. The molecule has 1 N–H and O–H groups in total. The highest BCUT2D eigenvalue weighted by Crippen LogP contribution is 2.16. The quantitative estimate of drug-likeness (QED) is 0.875. The van der Waals surface area contributed by atoms with Crippen LogP contribution in [0.2, 0.25) is 0 Å². The predicted molar refractivity (Wildman–Crippen MR) is 91.0 cm³/mol. The van der Waals surface area contributed by atoms with Crippen LogP contribution in [0.3, 0.4) is 0 Å². The van der Waals surface area contributed by atoms with Gasteiger partial charge in [0.2, 0.25) is 0 Å². The Morgan fingerprint density at radius 3 is 2.36 bits per heavy atom. The number of piperidine rings is 1. The molecule has 0 bridgehead atoms. The SMILES string of the molecule is CCN(Cc1ccc(C(=O)N(C)C)cc1)CC1CCNCC1. The fraction of sp³-hybridized carbons (Fsp3) is 0.611. The van der Waals surface area contributed by atoms with Gasteiger partial charge in [0.15, 0.2) is 0 Å². The molecular weight excluding hydrogens is 274 g/mol. The molecule has 0 unspecified atom stereocenters. The number of carbonyl (C=O) groups is 1. The van der Waals surface area contributed by atoms with E-state index in [-0.39, 0.29) is 5.91 Å². The number of hydrogen-bond donors (Lipinski definition) is 1. The number of amides is 1. The van der Waals surface area contributed by atoms with E-state index in [1.54, 1.807) is 19.0 Å². The van der Waals surface area contributed by atoms with E-state index < -0.39 is 0 Å². The molecule has 1 fully saturated rings. The van der Waals surface area contributed by atoms with Crippen molar-refractivity contribution < 1.29 is 4.79 Å². The molecule has 0 atom stereocenters. The first kappa shape index (κ1) is 17.0. The molecule has 1 aromatic rings. The molecule has 4 nitrogen and oxygen atoms in total. The lowest BCUT2D eigenvalue weighted by atomic mass is 9.97. The standard InChI is InChI=1S/C18H29N3O/c1-4-21(14-16-9-11-19-12-10-16)13-15-5-7-17(8-6-15)18(22)20(2)3/h5-8,16,19H,4,9-14H2,1-3H3. The van der Waals surface area contributed by atoms with E-state index in [9.17, 15) is 4.79 Å².